The Hall–Kier alpha value is -3.36. The van der Waals surface area contributed by atoms with E-state index in [-0.39, 0.29) is 27.3 Å². The number of hydrogen-bond donors (Lipinski definition) is 1. The van der Waals surface area contributed by atoms with Gasteiger partial charge in [-0.15, -0.1) is 0 Å². The molecule has 0 unspecified atom stereocenters. The number of benzene rings is 3. The molecular formula is C22H16ClFN2O4S. The molecule has 1 N–H and O–H groups in total. The fourth-order valence-corrected chi connectivity index (χ4v) is 4.26. The van der Waals surface area contributed by atoms with E-state index >= 15 is 0 Å². The number of oxazole rings is 1. The number of rotatable bonds is 6. The van der Waals surface area contributed by atoms with Crippen LogP contribution in [0, 0.1) is 5.82 Å². The summed E-state index contributed by atoms with van der Waals surface area (Å²) in [4.78, 5) is 4.10. The van der Waals surface area contributed by atoms with E-state index in [0.29, 0.717) is 16.5 Å². The van der Waals surface area contributed by atoms with Crippen LogP contribution in [0.25, 0.3) is 11.5 Å². The van der Waals surface area contributed by atoms with Crippen LogP contribution in [0.1, 0.15) is 0 Å². The summed E-state index contributed by atoms with van der Waals surface area (Å²) in [5, 5.41) is 2.92. The molecule has 158 valence electrons. The molecule has 1 heterocycles. The van der Waals surface area contributed by atoms with Crippen molar-refractivity contribution in [2.75, 3.05) is 12.4 Å². The molecule has 0 fully saturated rings. The van der Waals surface area contributed by atoms with Crippen molar-refractivity contribution in [3.05, 3.63) is 83.6 Å². The number of anilines is 2. The van der Waals surface area contributed by atoms with Gasteiger partial charge in [-0.1, -0.05) is 29.8 Å². The maximum Gasteiger partial charge on any atom is 0.238 e. The highest BCUT2D eigenvalue weighted by Gasteiger charge is 2.29. The highest BCUT2D eigenvalue weighted by Crippen LogP contribution is 2.35. The molecule has 0 amide bonds. The summed E-state index contributed by atoms with van der Waals surface area (Å²) >= 11 is 5.88. The molecule has 0 aliphatic carbocycles. The lowest BCUT2D eigenvalue weighted by atomic mass is 10.2. The second kappa shape index (κ2) is 8.41. The number of hydrogen-bond acceptors (Lipinski definition) is 6. The number of aromatic nitrogens is 1. The molecule has 9 heteroatoms. The Labute approximate surface area is 183 Å². The SMILES string of the molecule is COc1cccc(Nc2oc(-c3ccccc3F)nc2S(=O)(=O)c2ccc(Cl)cc2)c1. The molecule has 31 heavy (non-hydrogen) atoms. The first kappa shape index (κ1) is 20.9. The van der Waals surface area contributed by atoms with Gasteiger partial charge in [-0.25, -0.2) is 12.8 Å². The second-order valence-corrected chi connectivity index (χ2v) is 8.75. The van der Waals surface area contributed by atoms with Crippen molar-refractivity contribution < 1.29 is 22.0 Å². The van der Waals surface area contributed by atoms with Crippen molar-refractivity contribution >= 4 is 33.0 Å². The van der Waals surface area contributed by atoms with E-state index < -0.39 is 15.7 Å². The van der Waals surface area contributed by atoms with Crippen LogP contribution in [0.2, 0.25) is 5.02 Å². The van der Waals surface area contributed by atoms with Gasteiger partial charge in [-0.2, -0.15) is 4.98 Å². The van der Waals surface area contributed by atoms with E-state index in [4.69, 9.17) is 20.8 Å². The van der Waals surface area contributed by atoms with Crippen LogP contribution >= 0.6 is 11.6 Å². The molecule has 0 atom stereocenters. The van der Waals surface area contributed by atoms with Crippen molar-refractivity contribution in [2.24, 2.45) is 0 Å². The maximum absolute atomic E-state index is 14.3. The molecule has 0 aliphatic rings. The van der Waals surface area contributed by atoms with E-state index in [1.54, 1.807) is 30.3 Å². The predicted octanol–water partition coefficient (Wildman–Crippen LogP) is 5.72. The summed E-state index contributed by atoms with van der Waals surface area (Å²) in [6.07, 6.45) is 0. The van der Waals surface area contributed by atoms with Crippen LogP contribution in [0.4, 0.5) is 16.0 Å². The minimum absolute atomic E-state index is 0.0287. The number of ether oxygens (including phenoxy) is 1. The zero-order chi connectivity index (χ0) is 22.0. The van der Waals surface area contributed by atoms with Gasteiger partial charge < -0.3 is 14.5 Å². The zero-order valence-corrected chi connectivity index (χ0v) is 17.7. The topological polar surface area (TPSA) is 81.4 Å². The third kappa shape index (κ3) is 4.26. The molecule has 0 saturated carbocycles. The van der Waals surface area contributed by atoms with Crippen LogP contribution in [0.15, 0.2) is 87.1 Å². The van der Waals surface area contributed by atoms with Crippen molar-refractivity contribution in [3.8, 4) is 17.2 Å². The molecule has 0 bridgehead atoms. The van der Waals surface area contributed by atoms with E-state index in [1.165, 1.54) is 49.6 Å². The van der Waals surface area contributed by atoms with Gasteiger partial charge in [-0.05, 0) is 48.5 Å². The normalized spacial score (nSPS) is 11.3. The standard InChI is InChI=1S/C22H16ClFN2O4S/c1-29-16-6-4-5-15(13-16)25-21-22(31(27,28)17-11-9-14(23)10-12-17)26-20(30-21)18-7-2-3-8-19(18)24/h2-13,25H,1H3. The van der Waals surface area contributed by atoms with Crippen LogP contribution in [-0.2, 0) is 9.84 Å². The van der Waals surface area contributed by atoms with Crippen molar-refractivity contribution in [3.63, 3.8) is 0 Å². The molecular weight excluding hydrogens is 443 g/mol. The van der Waals surface area contributed by atoms with Crippen LogP contribution in [0.3, 0.4) is 0 Å². The number of nitrogens with one attached hydrogen (secondary N) is 1. The number of nitrogens with zero attached hydrogens (tertiary/aromatic N) is 1. The van der Waals surface area contributed by atoms with Gasteiger partial charge in [0.25, 0.3) is 0 Å². The number of methoxy groups -OCH3 is 1. The molecule has 0 saturated heterocycles. The van der Waals surface area contributed by atoms with Gasteiger partial charge in [0.15, 0.2) is 0 Å². The predicted molar refractivity (Wildman–Crippen MR) is 115 cm³/mol. The fraction of sp³-hybridized carbons (Fsp3) is 0.0455. The molecule has 6 nitrogen and oxygen atoms in total. The van der Waals surface area contributed by atoms with E-state index in [1.807, 2.05) is 0 Å². The Morgan fingerprint density at radius 2 is 1.77 bits per heavy atom. The average Bonchev–Trinajstić information content (AvgIpc) is 3.19. The highest BCUT2D eigenvalue weighted by molar-refractivity contribution is 7.91. The first-order chi connectivity index (χ1) is 14.9. The van der Waals surface area contributed by atoms with Gasteiger partial charge in [0, 0.05) is 16.8 Å². The van der Waals surface area contributed by atoms with Gasteiger partial charge in [-0.3, -0.25) is 0 Å². The lowest BCUT2D eigenvalue weighted by Gasteiger charge is -2.07. The van der Waals surface area contributed by atoms with E-state index in [2.05, 4.69) is 10.3 Å². The molecule has 0 spiro atoms. The summed E-state index contributed by atoms with van der Waals surface area (Å²) in [7, 11) is -2.59. The van der Waals surface area contributed by atoms with Gasteiger partial charge >= 0.3 is 0 Å². The minimum atomic E-state index is -4.10. The van der Waals surface area contributed by atoms with Crippen molar-refractivity contribution in [2.45, 2.75) is 9.92 Å². The molecule has 4 aromatic rings. The maximum atomic E-state index is 14.3. The Morgan fingerprint density at radius 1 is 1.03 bits per heavy atom. The Bertz CT molecular complexity index is 1340. The Morgan fingerprint density at radius 3 is 2.48 bits per heavy atom. The third-order valence-corrected chi connectivity index (χ3v) is 6.34. The van der Waals surface area contributed by atoms with Crippen LogP contribution in [0.5, 0.6) is 5.75 Å². The largest absolute Gasteiger partial charge is 0.497 e. The molecule has 4 rings (SSSR count). The van der Waals surface area contributed by atoms with Crippen molar-refractivity contribution in [1.82, 2.24) is 4.98 Å². The Balaban J connectivity index is 1.86. The summed E-state index contributed by atoms with van der Waals surface area (Å²) in [6, 6.07) is 18.3. The van der Waals surface area contributed by atoms with Crippen LogP contribution in [-0.4, -0.2) is 20.5 Å². The molecule has 0 aliphatic heterocycles. The zero-order valence-electron chi connectivity index (χ0n) is 16.2. The minimum Gasteiger partial charge on any atom is -0.497 e. The van der Waals surface area contributed by atoms with Crippen molar-refractivity contribution in [1.29, 1.82) is 0 Å². The first-order valence-corrected chi connectivity index (χ1v) is 10.9. The van der Waals surface area contributed by atoms with E-state index in [0.717, 1.165) is 0 Å². The lowest BCUT2D eigenvalue weighted by molar-refractivity contribution is 0.415. The average molecular weight is 459 g/mol. The summed E-state index contributed by atoms with van der Waals surface area (Å²) < 4.78 is 51.8. The molecule has 0 radical (unpaired) electrons. The summed E-state index contributed by atoms with van der Waals surface area (Å²) in [5.74, 6) is -0.356. The highest BCUT2D eigenvalue weighted by atomic mass is 35.5. The second-order valence-electron chi connectivity index (χ2n) is 6.45. The fourth-order valence-electron chi connectivity index (χ4n) is 2.87. The number of sulfone groups is 1. The van der Waals surface area contributed by atoms with Gasteiger partial charge in [0.05, 0.1) is 17.6 Å². The number of halogens is 2. The third-order valence-electron chi connectivity index (χ3n) is 4.41. The van der Waals surface area contributed by atoms with E-state index in [9.17, 15) is 12.8 Å². The van der Waals surface area contributed by atoms with Gasteiger partial charge in [0.1, 0.15) is 11.6 Å². The summed E-state index contributed by atoms with van der Waals surface area (Å²) in [6.45, 7) is 0. The smallest absolute Gasteiger partial charge is 0.238 e. The summed E-state index contributed by atoms with van der Waals surface area (Å²) in [5.41, 5.74) is 0.539. The lowest BCUT2D eigenvalue weighted by Crippen LogP contribution is -2.05. The molecule has 1 aromatic heterocycles. The molecule has 3 aromatic carbocycles. The monoisotopic (exact) mass is 458 g/mol. The quantitative estimate of drug-likeness (QED) is 0.398. The van der Waals surface area contributed by atoms with Gasteiger partial charge in [0.2, 0.25) is 26.6 Å². The van der Waals surface area contributed by atoms with Crippen LogP contribution < -0.4 is 10.1 Å². The first-order valence-electron chi connectivity index (χ1n) is 9.06. The Kier molecular flexibility index (Phi) is 5.67.